The van der Waals surface area contributed by atoms with Gasteiger partial charge in [0, 0.05) is 12.2 Å². The van der Waals surface area contributed by atoms with Gasteiger partial charge in [0.2, 0.25) is 0 Å². The Morgan fingerprint density at radius 1 is 1.27 bits per heavy atom. The first kappa shape index (κ1) is 14.3. The Hall–Kier alpha value is -2.67. The maximum Gasteiger partial charge on any atom is 0.270 e. The van der Waals surface area contributed by atoms with Crippen molar-refractivity contribution in [2.45, 2.75) is 25.3 Å². The van der Waals surface area contributed by atoms with Gasteiger partial charge in [0.1, 0.15) is 11.8 Å². The third-order valence-electron chi connectivity index (χ3n) is 3.93. The molecule has 1 saturated carbocycles. The third kappa shape index (κ3) is 3.50. The van der Waals surface area contributed by atoms with Crippen LogP contribution < -0.4 is 5.32 Å². The van der Waals surface area contributed by atoms with Crippen LogP contribution in [-0.4, -0.2) is 16.9 Å². The number of aromatic nitrogens is 1. The quantitative estimate of drug-likeness (QED) is 0.921. The summed E-state index contributed by atoms with van der Waals surface area (Å²) >= 11 is 0. The van der Waals surface area contributed by atoms with E-state index in [9.17, 15) is 4.79 Å². The van der Waals surface area contributed by atoms with Gasteiger partial charge in [0.15, 0.2) is 0 Å². The summed E-state index contributed by atoms with van der Waals surface area (Å²) in [5.74, 6) is 0.389. The zero-order valence-corrected chi connectivity index (χ0v) is 12.2. The van der Waals surface area contributed by atoms with Crippen LogP contribution >= 0.6 is 0 Å². The summed E-state index contributed by atoms with van der Waals surface area (Å²) < 4.78 is 0. The van der Waals surface area contributed by atoms with Crippen LogP contribution in [0.3, 0.4) is 0 Å². The Kier molecular flexibility index (Phi) is 4.15. The van der Waals surface area contributed by atoms with Crippen molar-refractivity contribution in [2.24, 2.45) is 5.92 Å². The predicted molar refractivity (Wildman–Crippen MR) is 83.1 cm³/mol. The molecule has 0 unspecified atom stereocenters. The number of nitrogens with zero attached hydrogens (tertiary/aromatic N) is 2. The Balaban J connectivity index is 1.68. The van der Waals surface area contributed by atoms with Gasteiger partial charge in [-0.05, 0) is 42.9 Å². The normalized spacial score (nSPS) is 14.9. The first-order valence-electron chi connectivity index (χ1n) is 7.47. The molecular weight excluding hydrogens is 274 g/mol. The molecule has 1 heterocycles. The minimum atomic E-state index is -0.169. The number of benzene rings is 1. The Morgan fingerprint density at radius 2 is 2.05 bits per heavy atom. The summed E-state index contributed by atoms with van der Waals surface area (Å²) in [6.45, 7) is 0. The Morgan fingerprint density at radius 3 is 2.64 bits per heavy atom. The van der Waals surface area contributed by atoms with Crippen LogP contribution in [0.4, 0.5) is 0 Å². The molecule has 22 heavy (non-hydrogen) atoms. The summed E-state index contributed by atoms with van der Waals surface area (Å²) in [5, 5.41) is 11.9. The molecule has 4 nitrogen and oxygen atoms in total. The molecular formula is C18H17N3O. The minimum absolute atomic E-state index is 0.146. The molecule has 0 spiro atoms. The van der Waals surface area contributed by atoms with Crippen molar-refractivity contribution in [1.82, 2.24) is 10.3 Å². The number of rotatable bonds is 5. The van der Waals surface area contributed by atoms with E-state index in [1.54, 1.807) is 12.1 Å². The fourth-order valence-corrected chi connectivity index (χ4v) is 2.54. The number of nitrogens with one attached hydrogen (secondary N) is 1. The van der Waals surface area contributed by atoms with Gasteiger partial charge in [-0.2, -0.15) is 5.26 Å². The monoisotopic (exact) mass is 291 g/mol. The molecule has 0 saturated heterocycles. The molecule has 1 aliphatic carbocycles. The van der Waals surface area contributed by atoms with E-state index in [0.717, 1.165) is 6.42 Å². The largest absolute Gasteiger partial charge is 0.347 e. The lowest BCUT2D eigenvalue weighted by atomic mass is 10.0. The minimum Gasteiger partial charge on any atom is -0.347 e. The van der Waals surface area contributed by atoms with Gasteiger partial charge in [0.05, 0.1) is 5.56 Å². The number of hydrogen-bond acceptors (Lipinski definition) is 3. The highest BCUT2D eigenvalue weighted by Gasteiger charge is 2.32. The third-order valence-corrected chi connectivity index (χ3v) is 3.93. The molecule has 1 aromatic carbocycles. The van der Waals surface area contributed by atoms with Gasteiger partial charge in [-0.25, -0.2) is 4.98 Å². The molecule has 1 atom stereocenters. The second kappa shape index (κ2) is 6.40. The van der Waals surface area contributed by atoms with Crippen molar-refractivity contribution in [1.29, 1.82) is 5.26 Å². The summed E-state index contributed by atoms with van der Waals surface area (Å²) in [7, 11) is 0. The number of pyridine rings is 1. The molecule has 4 heteroatoms. The molecule has 1 amide bonds. The maximum atomic E-state index is 12.3. The van der Waals surface area contributed by atoms with E-state index in [-0.39, 0.29) is 11.9 Å². The van der Waals surface area contributed by atoms with Crippen LogP contribution in [0.2, 0.25) is 0 Å². The summed E-state index contributed by atoms with van der Waals surface area (Å²) in [6.07, 6.45) is 4.60. The molecule has 0 bridgehead atoms. The molecule has 0 radical (unpaired) electrons. The van der Waals surface area contributed by atoms with E-state index >= 15 is 0 Å². The maximum absolute atomic E-state index is 12.3. The number of carbonyl (C=O) groups is 1. The number of carbonyl (C=O) groups excluding carboxylic acids is 1. The molecule has 0 aliphatic heterocycles. The van der Waals surface area contributed by atoms with E-state index in [1.807, 2.05) is 24.3 Å². The molecule has 1 N–H and O–H groups in total. The molecule has 1 aliphatic rings. The number of nitriles is 1. The van der Waals surface area contributed by atoms with E-state index < -0.39 is 0 Å². The summed E-state index contributed by atoms with van der Waals surface area (Å²) in [4.78, 5) is 16.4. The Bertz CT molecular complexity index is 685. The first-order valence-corrected chi connectivity index (χ1v) is 7.47. The van der Waals surface area contributed by atoms with Gasteiger partial charge in [-0.3, -0.25) is 4.79 Å². The lowest BCUT2D eigenvalue weighted by Crippen LogP contribution is -2.38. The van der Waals surface area contributed by atoms with Crippen molar-refractivity contribution >= 4 is 5.91 Å². The van der Waals surface area contributed by atoms with Gasteiger partial charge in [-0.1, -0.05) is 30.3 Å². The fraction of sp³-hybridized carbons (Fsp3) is 0.278. The topological polar surface area (TPSA) is 65.8 Å². The molecule has 1 aromatic heterocycles. The molecule has 2 aromatic rings. The highest BCUT2D eigenvalue weighted by atomic mass is 16.1. The SMILES string of the molecule is N#Cc1ccc(C(=O)N[C@H](Cc2ccccc2)C2CC2)nc1. The summed E-state index contributed by atoms with van der Waals surface area (Å²) in [5.41, 5.74) is 2.05. The molecule has 1 fully saturated rings. The van der Waals surface area contributed by atoms with Crippen LogP contribution in [0.25, 0.3) is 0 Å². The van der Waals surface area contributed by atoms with Crippen LogP contribution in [0.5, 0.6) is 0 Å². The second-order valence-electron chi connectivity index (χ2n) is 5.65. The van der Waals surface area contributed by atoms with Crippen molar-refractivity contribution in [3.05, 3.63) is 65.5 Å². The van der Waals surface area contributed by atoms with Gasteiger partial charge < -0.3 is 5.32 Å². The van der Waals surface area contributed by atoms with E-state index in [0.29, 0.717) is 17.2 Å². The zero-order valence-electron chi connectivity index (χ0n) is 12.2. The highest BCUT2D eigenvalue weighted by Crippen LogP contribution is 2.34. The van der Waals surface area contributed by atoms with Gasteiger partial charge in [0.25, 0.3) is 5.91 Å². The lowest BCUT2D eigenvalue weighted by molar-refractivity contribution is 0.0927. The van der Waals surface area contributed by atoms with Crippen LogP contribution in [0.1, 0.15) is 34.5 Å². The predicted octanol–water partition coefficient (Wildman–Crippen LogP) is 2.70. The smallest absolute Gasteiger partial charge is 0.270 e. The average Bonchev–Trinajstić information content (AvgIpc) is 3.40. The fourth-order valence-electron chi connectivity index (χ4n) is 2.54. The van der Waals surface area contributed by atoms with Crippen molar-refractivity contribution in [3.63, 3.8) is 0 Å². The van der Waals surface area contributed by atoms with Crippen molar-refractivity contribution in [2.75, 3.05) is 0 Å². The van der Waals surface area contributed by atoms with E-state index in [2.05, 4.69) is 22.4 Å². The van der Waals surface area contributed by atoms with E-state index in [1.165, 1.54) is 24.6 Å². The first-order chi connectivity index (χ1) is 10.8. The number of hydrogen-bond donors (Lipinski definition) is 1. The average molecular weight is 291 g/mol. The van der Waals surface area contributed by atoms with Crippen molar-refractivity contribution in [3.8, 4) is 6.07 Å². The molecule has 3 rings (SSSR count). The van der Waals surface area contributed by atoms with Crippen LogP contribution in [0, 0.1) is 17.2 Å². The zero-order chi connectivity index (χ0) is 15.4. The second-order valence-corrected chi connectivity index (χ2v) is 5.65. The van der Waals surface area contributed by atoms with Crippen molar-refractivity contribution < 1.29 is 4.79 Å². The highest BCUT2D eigenvalue weighted by molar-refractivity contribution is 5.92. The Labute approximate surface area is 129 Å². The van der Waals surface area contributed by atoms with E-state index in [4.69, 9.17) is 5.26 Å². The van der Waals surface area contributed by atoms with Gasteiger partial charge >= 0.3 is 0 Å². The summed E-state index contributed by atoms with van der Waals surface area (Å²) in [6, 6.07) is 15.6. The van der Waals surface area contributed by atoms with Crippen LogP contribution in [0.15, 0.2) is 48.7 Å². The standard InChI is InChI=1S/C18H17N3O/c19-11-14-6-9-16(20-12-14)18(22)21-17(15-7-8-15)10-13-4-2-1-3-5-13/h1-6,9,12,15,17H,7-8,10H2,(H,21,22)/t17-/m1/s1. The van der Waals surface area contributed by atoms with Gasteiger partial charge in [-0.15, -0.1) is 0 Å². The molecule has 110 valence electrons. The number of amides is 1. The lowest BCUT2D eigenvalue weighted by Gasteiger charge is -2.18. The van der Waals surface area contributed by atoms with Crippen LogP contribution in [-0.2, 0) is 6.42 Å².